The van der Waals surface area contributed by atoms with Crippen LogP contribution in [-0.4, -0.2) is 37.9 Å². The van der Waals surface area contributed by atoms with E-state index in [1.54, 1.807) is 7.05 Å². The van der Waals surface area contributed by atoms with Gasteiger partial charge in [-0.1, -0.05) is 0 Å². The molecule has 0 fully saturated rings. The molecule has 0 aromatic carbocycles. The lowest BCUT2D eigenvalue weighted by Crippen LogP contribution is -2.32. The highest BCUT2D eigenvalue weighted by Gasteiger charge is 2.14. The Morgan fingerprint density at radius 2 is 2.13 bits per heavy atom. The first-order valence-corrected chi connectivity index (χ1v) is 4.53. The van der Waals surface area contributed by atoms with E-state index in [2.05, 4.69) is 17.0 Å². The van der Waals surface area contributed by atoms with Crippen LogP contribution in [0.2, 0.25) is 0 Å². The zero-order chi connectivity index (χ0) is 12.0. The minimum Gasteiger partial charge on any atom is -0.382 e. The van der Waals surface area contributed by atoms with Gasteiger partial charge < -0.3 is 11.1 Å². The second kappa shape index (κ2) is 6.02. The van der Waals surface area contributed by atoms with Gasteiger partial charge >= 0.3 is 0 Å². The molecule has 86 valence electrons. The van der Waals surface area contributed by atoms with Crippen molar-refractivity contribution in [1.29, 1.82) is 0 Å². The molecule has 6 nitrogen and oxygen atoms in total. The van der Waals surface area contributed by atoms with E-state index < -0.39 is 5.91 Å². The van der Waals surface area contributed by atoms with Crippen LogP contribution in [-0.2, 0) is 9.63 Å². The molecule has 0 aliphatic carbocycles. The highest BCUT2D eigenvalue weighted by molar-refractivity contribution is 5.94. The lowest BCUT2D eigenvalue weighted by atomic mass is 10.4. The third kappa shape index (κ3) is 3.99. The third-order valence-electron chi connectivity index (χ3n) is 1.55. The normalized spacial score (nSPS) is 12.1. The van der Waals surface area contributed by atoms with E-state index in [1.807, 2.05) is 13.8 Å². The number of rotatable bonds is 5. The number of amides is 1. The van der Waals surface area contributed by atoms with Crippen molar-refractivity contribution >= 4 is 12.6 Å². The summed E-state index contributed by atoms with van der Waals surface area (Å²) in [7, 11) is 3.09. The fourth-order valence-corrected chi connectivity index (χ4v) is 0.910. The van der Waals surface area contributed by atoms with Crippen LogP contribution in [0.3, 0.4) is 0 Å². The van der Waals surface area contributed by atoms with Gasteiger partial charge in [0.1, 0.15) is 0 Å². The van der Waals surface area contributed by atoms with Crippen LogP contribution in [0.1, 0.15) is 13.8 Å². The molecule has 0 aromatic rings. The maximum atomic E-state index is 11.3. The van der Waals surface area contributed by atoms with Gasteiger partial charge in [-0.25, -0.2) is 5.06 Å². The van der Waals surface area contributed by atoms with Crippen LogP contribution >= 0.6 is 0 Å². The van der Waals surface area contributed by atoms with E-state index in [0.29, 0.717) is 0 Å². The smallest absolute Gasteiger partial charge is 0.273 e. The third-order valence-corrected chi connectivity index (χ3v) is 1.55. The Kier molecular flexibility index (Phi) is 5.40. The SMILES string of the molecule is C=N/C(C(=O)NC)=C(/N)N(C)OC(C)C. The maximum Gasteiger partial charge on any atom is 0.273 e. The summed E-state index contributed by atoms with van der Waals surface area (Å²) in [4.78, 5) is 20.1. The number of carbonyl (C=O) groups excluding carboxylic acids is 1. The van der Waals surface area contributed by atoms with Crippen molar-refractivity contribution in [3.63, 3.8) is 0 Å². The number of nitrogens with two attached hydrogens (primary N) is 1. The predicted molar refractivity (Wildman–Crippen MR) is 58.8 cm³/mol. The number of hydrogen-bond donors (Lipinski definition) is 2. The van der Waals surface area contributed by atoms with E-state index in [0.717, 1.165) is 0 Å². The molecule has 0 bridgehead atoms. The van der Waals surface area contributed by atoms with E-state index in [1.165, 1.54) is 12.1 Å². The fraction of sp³-hybridized carbons (Fsp3) is 0.556. The minimum absolute atomic E-state index is 0.0377. The molecule has 0 atom stereocenters. The van der Waals surface area contributed by atoms with Crippen LogP contribution in [0.15, 0.2) is 16.5 Å². The van der Waals surface area contributed by atoms with E-state index >= 15 is 0 Å². The first-order chi connectivity index (χ1) is 6.93. The van der Waals surface area contributed by atoms with Crippen molar-refractivity contribution in [1.82, 2.24) is 10.4 Å². The molecule has 0 saturated heterocycles. The molecule has 0 heterocycles. The molecule has 0 radical (unpaired) electrons. The standard InChI is InChI=1S/C9H18N4O2/c1-6(2)15-13(5)8(10)7(11-3)9(14)12-4/h6H,3,10H2,1-2,4-5H3,(H,12,14)/b8-7-. The zero-order valence-electron chi connectivity index (χ0n) is 9.57. The molecule has 0 saturated carbocycles. The van der Waals surface area contributed by atoms with Crippen molar-refractivity contribution in [3.05, 3.63) is 11.5 Å². The Morgan fingerprint density at radius 1 is 1.60 bits per heavy atom. The predicted octanol–water partition coefficient (Wildman–Crippen LogP) is -0.167. The molecule has 0 aromatic heterocycles. The second-order valence-electron chi connectivity index (χ2n) is 3.12. The Labute approximate surface area is 89.7 Å². The Morgan fingerprint density at radius 3 is 2.47 bits per heavy atom. The monoisotopic (exact) mass is 214 g/mol. The van der Waals surface area contributed by atoms with Crippen molar-refractivity contribution in [2.45, 2.75) is 20.0 Å². The Hall–Kier alpha value is -1.56. The van der Waals surface area contributed by atoms with Crippen LogP contribution < -0.4 is 11.1 Å². The molecule has 0 aliphatic rings. The van der Waals surface area contributed by atoms with E-state index in [9.17, 15) is 4.79 Å². The summed E-state index contributed by atoms with van der Waals surface area (Å²) < 4.78 is 0. The molecule has 6 heteroatoms. The molecule has 1 amide bonds. The number of hydroxylamine groups is 2. The highest BCUT2D eigenvalue weighted by atomic mass is 16.7. The van der Waals surface area contributed by atoms with Gasteiger partial charge in [-0.2, -0.15) is 0 Å². The van der Waals surface area contributed by atoms with Gasteiger partial charge in [-0.3, -0.25) is 14.6 Å². The summed E-state index contributed by atoms with van der Waals surface area (Å²) in [6.45, 7) is 6.99. The van der Waals surface area contributed by atoms with Gasteiger partial charge in [0.15, 0.2) is 11.5 Å². The minimum atomic E-state index is -0.401. The van der Waals surface area contributed by atoms with Gasteiger partial charge in [0.2, 0.25) is 0 Å². The molecule has 15 heavy (non-hydrogen) atoms. The van der Waals surface area contributed by atoms with Crippen LogP contribution in [0.25, 0.3) is 0 Å². The van der Waals surface area contributed by atoms with Crippen molar-refractivity contribution in [2.75, 3.05) is 14.1 Å². The van der Waals surface area contributed by atoms with Gasteiger partial charge in [-0.05, 0) is 20.6 Å². The van der Waals surface area contributed by atoms with Gasteiger partial charge in [-0.15, -0.1) is 0 Å². The van der Waals surface area contributed by atoms with Gasteiger partial charge in [0, 0.05) is 14.1 Å². The van der Waals surface area contributed by atoms with Crippen molar-refractivity contribution < 1.29 is 9.63 Å². The quantitative estimate of drug-likeness (QED) is 0.378. The molecule has 0 spiro atoms. The largest absolute Gasteiger partial charge is 0.382 e. The average Bonchev–Trinajstić information content (AvgIpc) is 2.17. The van der Waals surface area contributed by atoms with Gasteiger partial charge in [0.25, 0.3) is 5.91 Å². The molecular formula is C9H18N4O2. The summed E-state index contributed by atoms with van der Waals surface area (Å²) in [5.74, 6) is -0.278. The number of aliphatic imine (C=N–C) groups is 1. The maximum absolute atomic E-state index is 11.3. The molecule has 3 N–H and O–H groups in total. The van der Waals surface area contributed by atoms with Gasteiger partial charge in [0.05, 0.1) is 6.10 Å². The van der Waals surface area contributed by atoms with Crippen molar-refractivity contribution in [2.24, 2.45) is 10.7 Å². The number of carbonyl (C=O) groups is 1. The molecular weight excluding hydrogens is 196 g/mol. The summed E-state index contributed by atoms with van der Waals surface area (Å²) in [5.41, 5.74) is 5.72. The number of nitrogens with one attached hydrogen (secondary N) is 1. The van der Waals surface area contributed by atoms with Crippen LogP contribution in [0.4, 0.5) is 0 Å². The highest BCUT2D eigenvalue weighted by Crippen LogP contribution is 2.06. The number of nitrogens with zero attached hydrogens (tertiary/aromatic N) is 2. The zero-order valence-corrected chi connectivity index (χ0v) is 9.57. The topological polar surface area (TPSA) is 80.0 Å². The van der Waals surface area contributed by atoms with E-state index in [4.69, 9.17) is 10.6 Å². The lowest BCUT2D eigenvalue weighted by molar-refractivity contribution is -0.147. The number of hydrogen-bond acceptors (Lipinski definition) is 5. The average molecular weight is 214 g/mol. The van der Waals surface area contributed by atoms with Crippen LogP contribution in [0, 0.1) is 0 Å². The summed E-state index contributed by atoms with van der Waals surface area (Å²) >= 11 is 0. The molecule has 0 unspecified atom stereocenters. The van der Waals surface area contributed by atoms with E-state index in [-0.39, 0.29) is 17.6 Å². The van der Waals surface area contributed by atoms with Crippen molar-refractivity contribution in [3.8, 4) is 0 Å². The summed E-state index contributed by atoms with van der Waals surface area (Å²) in [6.07, 6.45) is -0.0377. The summed E-state index contributed by atoms with van der Waals surface area (Å²) in [5, 5.41) is 3.71. The Bertz CT molecular complexity index is 273. The first-order valence-electron chi connectivity index (χ1n) is 4.53. The Balaban J connectivity index is 4.85. The summed E-state index contributed by atoms with van der Waals surface area (Å²) in [6, 6.07) is 0. The first kappa shape index (κ1) is 13.4. The second-order valence-corrected chi connectivity index (χ2v) is 3.12. The molecule has 0 aliphatic heterocycles. The van der Waals surface area contributed by atoms with Crippen LogP contribution in [0.5, 0.6) is 0 Å². The lowest BCUT2D eigenvalue weighted by Gasteiger charge is -2.22. The fourth-order valence-electron chi connectivity index (χ4n) is 0.910. The number of likely N-dealkylation sites (N-methyl/N-ethyl adjacent to an activating group) is 1. The molecule has 0 rings (SSSR count).